The van der Waals surface area contributed by atoms with Crippen molar-refractivity contribution in [3.8, 4) is 11.3 Å². The Labute approximate surface area is 235 Å². The van der Waals surface area contributed by atoms with Crippen LogP contribution in [0.5, 0.6) is 0 Å². The van der Waals surface area contributed by atoms with Crippen LogP contribution in [0.3, 0.4) is 0 Å². The Morgan fingerprint density at radius 1 is 0.927 bits per heavy atom. The number of amides is 1. The van der Waals surface area contributed by atoms with Gasteiger partial charge in [-0.3, -0.25) is 14.5 Å². The number of rotatable bonds is 5. The first-order chi connectivity index (χ1) is 20.1. The van der Waals surface area contributed by atoms with Gasteiger partial charge in [-0.05, 0) is 55.5 Å². The molecule has 204 valence electrons. The molecule has 1 amide bonds. The number of hydrogen-bond donors (Lipinski definition) is 2. The van der Waals surface area contributed by atoms with E-state index in [1.54, 1.807) is 6.20 Å². The molecule has 0 unspecified atom stereocenters. The molecule has 2 N–H and O–H groups in total. The molecule has 0 saturated heterocycles. The van der Waals surface area contributed by atoms with Crippen LogP contribution in [0.4, 0.5) is 4.79 Å². The van der Waals surface area contributed by atoms with Crippen molar-refractivity contribution >= 4 is 39.1 Å². The third kappa shape index (κ3) is 4.91. The van der Waals surface area contributed by atoms with Crippen LogP contribution in [-0.2, 0) is 11.3 Å². The third-order valence-corrected chi connectivity index (χ3v) is 7.87. The molecule has 7 rings (SSSR count). The van der Waals surface area contributed by atoms with Crippen molar-refractivity contribution in [3.63, 3.8) is 0 Å². The first kappa shape index (κ1) is 25.0. The number of pyridine rings is 3. The number of nitrogens with zero attached hydrogens (tertiary/aromatic N) is 4. The Morgan fingerprint density at radius 2 is 1.71 bits per heavy atom. The smallest absolute Gasteiger partial charge is 0.407 e. The second-order valence-electron chi connectivity index (χ2n) is 10.5. The minimum Gasteiger partial charge on any atom is -0.445 e. The van der Waals surface area contributed by atoms with Gasteiger partial charge in [-0.1, -0.05) is 48.5 Å². The van der Waals surface area contributed by atoms with Crippen LogP contribution in [0.1, 0.15) is 37.3 Å². The molecule has 0 bridgehead atoms. The number of para-hydroxylation sites is 1. The Bertz CT molecular complexity index is 1940. The van der Waals surface area contributed by atoms with E-state index in [0.29, 0.717) is 11.0 Å². The predicted octanol–water partition coefficient (Wildman–Crippen LogP) is 5.90. The Balaban J connectivity index is 1.13. The van der Waals surface area contributed by atoms with Crippen LogP contribution in [-0.4, -0.2) is 36.6 Å². The van der Waals surface area contributed by atoms with E-state index in [4.69, 9.17) is 9.72 Å². The van der Waals surface area contributed by atoms with Gasteiger partial charge in [-0.25, -0.2) is 14.6 Å². The van der Waals surface area contributed by atoms with Gasteiger partial charge in [0.2, 0.25) is 0 Å². The summed E-state index contributed by atoms with van der Waals surface area (Å²) < 4.78 is 7.23. The predicted molar refractivity (Wildman–Crippen MR) is 157 cm³/mol. The van der Waals surface area contributed by atoms with Crippen molar-refractivity contribution in [2.45, 2.75) is 44.4 Å². The number of ether oxygens (including phenoxy) is 1. The lowest BCUT2D eigenvalue weighted by atomic mass is 9.91. The molecule has 0 aliphatic heterocycles. The normalized spacial score (nSPS) is 17.2. The van der Waals surface area contributed by atoms with Crippen molar-refractivity contribution in [2.24, 2.45) is 0 Å². The number of aromatic amines is 1. The van der Waals surface area contributed by atoms with Crippen LogP contribution < -0.4 is 11.0 Å². The Morgan fingerprint density at radius 3 is 2.56 bits per heavy atom. The highest BCUT2D eigenvalue weighted by molar-refractivity contribution is 6.00. The van der Waals surface area contributed by atoms with Crippen LogP contribution in [0, 0.1) is 0 Å². The fourth-order valence-corrected chi connectivity index (χ4v) is 5.80. The Kier molecular flexibility index (Phi) is 6.39. The molecule has 1 aliphatic rings. The number of H-pyrrole nitrogens is 1. The third-order valence-electron chi connectivity index (χ3n) is 7.87. The minimum atomic E-state index is -0.418. The second kappa shape index (κ2) is 10.5. The number of nitrogens with one attached hydrogen (secondary N) is 2. The van der Waals surface area contributed by atoms with Gasteiger partial charge in [0.25, 0.3) is 0 Å². The number of fused-ring (bicyclic) bond motifs is 4. The van der Waals surface area contributed by atoms with Crippen molar-refractivity contribution in [1.82, 2.24) is 29.8 Å². The zero-order chi connectivity index (χ0) is 27.8. The minimum absolute atomic E-state index is 0.000951. The summed E-state index contributed by atoms with van der Waals surface area (Å²) in [6.45, 7) is 0.234. The number of carbonyl (C=O) groups excluding carboxylic acids is 1. The molecule has 4 aromatic heterocycles. The molecule has 1 saturated carbocycles. The van der Waals surface area contributed by atoms with E-state index in [9.17, 15) is 9.59 Å². The number of imidazole rings is 1. The van der Waals surface area contributed by atoms with Crippen molar-refractivity contribution in [1.29, 1.82) is 0 Å². The molecule has 9 nitrogen and oxygen atoms in total. The Hall–Kier alpha value is -5.05. The monoisotopic (exact) mass is 544 g/mol. The number of hydrogen-bond acceptors (Lipinski definition) is 6. The molecule has 6 aromatic rings. The molecule has 0 spiro atoms. The maximum absolute atomic E-state index is 13.2. The van der Waals surface area contributed by atoms with E-state index in [-0.39, 0.29) is 24.4 Å². The fraction of sp³-hybridized carbons (Fsp3) is 0.219. The van der Waals surface area contributed by atoms with Gasteiger partial charge < -0.3 is 15.0 Å². The molecule has 0 atom stereocenters. The van der Waals surface area contributed by atoms with E-state index in [1.165, 1.54) is 0 Å². The van der Waals surface area contributed by atoms with Gasteiger partial charge in [0.1, 0.15) is 12.1 Å². The van der Waals surface area contributed by atoms with Crippen LogP contribution in [0.25, 0.3) is 44.2 Å². The first-order valence-electron chi connectivity index (χ1n) is 13.8. The molecule has 41 heavy (non-hydrogen) atoms. The molecular weight excluding hydrogens is 516 g/mol. The largest absolute Gasteiger partial charge is 0.445 e. The van der Waals surface area contributed by atoms with E-state index in [0.717, 1.165) is 64.4 Å². The molecule has 0 radical (unpaired) electrons. The summed E-state index contributed by atoms with van der Waals surface area (Å²) in [6, 6.07) is 23.5. The highest BCUT2D eigenvalue weighted by Crippen LogP contribution is 2.32. The molecule has 2 aromatic carbocycles. The van der Waals surface area contributed by atoms with Crippen LogP contribution in [0.2, 0.25) is 0 Å². The summed E-state index contributed by atoms with van der Waals surface area (Å²) in [7, 11) is 0. The van der Waals surface area contributed by atoms with E-state index < -0.39 is 6.09 Å². The molecule has 1 aliphatic carbocycles. The lowest BCUT2D eigenvalue weighted by Gasteiger charge is -2.29. The SMILES string of the molecule is O=C(N[C@H]1CC[C@H](n2c(=O)[nH]c3cnc4ccc(-c5cnc6ccccc6c5)nc4c32)CC1)OCc1ccccc1. The summed E-state index contributed by atoms with van der Waals surface area (Å²) in [5, 5.41) is 4.03. The molecule has 1 fully saturated rings. The zero-order valence-corrected chi connectivity index (χ0v) is 22.3. The second-order valence-corrected chi connectivity index (χ2v) is 10.5. The van der Waals surface area contributed by atoms with Gasteiger partial charge in [0, 0.05) is 29.2 Å². The van der Waals surface area contributed by atoms with Gasteiger partial charge in [-0.15, -0.1) is 0 Å². The number of benzene rings is 2. The number of alkyl carbamates (subject to hydrolysis) is 1. The summed E-state index contributed by atoms with van der Waals surface area (Å²) in [5.41, 5.74) is 6.19. The summed E-state index contributed by atoms with van der Waals surface area (Å²) in [4.78, 5) is 42.7. The molecule has 9 heteroatoms. The summed E-state index contributed by atoms with van der Waals surface area (Å²) in [5.74, 6) is 0. The summed E-state index contributed by atoms with van der Waals surface area (Å²) in [6.07, 6.45) is 6.09. The lowest BCUT2D eigenvalue weighted by Crippen LogP contribution is -2.39. The highest BCUT2D eigenvalue weighted by Gasteiger charge is 2.27. The maximum atomic E-state index is 13.2. The van der Waals surface area contributed by atoms with E-state index in [2.05, 4.69) is 26.3 Å². The zero-order valence-electron chi connectivity index (χ0n) is 22.3. The topological polar surface area (TPSA) is 115 Å². The van der Waals surface area contributed by atoms with Crippen LogP contribution in [0.15, 0.2) is 90.0 Å². The molecule has 4 heterocycles. The van der Waals surface area contributed by atoms with Crippen molar-refractivity contribution < 1.29 is 9.53 Å². The quantitative estimate of drug-likeness (QED) is 0.279. The highest BCUT2D eigenvalue weighted by atomic mass is 16.5. The average molecular weight is 545 g/mol. The number of aromatic nitrogens is 5. The first-order valence-corrected chi connectivity index (χ1v) is 13.8. The van der Waals surface area contributed by atoms with Crippen molar-refractivity contribution in [2.75, 3.05) is 0 Å². The number of carbonyl (C=O) groups is 1. The lowest BCUT2D eigenvalue weighted by molar-refractivity contribution is 0.131. The van der Waals surface area contributed by atoms with E-state index in [1.807, 2.05) is 77.5 Å². The van der Waals surface area contributed by atoms with E-state index >= 15 is 0 Å². The average Bonchev–Trinajstić information content (AvgIpc) is 3.36. The van der Waals surface area contributed by atoms with Gasteiger partial charge >= 0.3 is 11.8 Å². The van der Waals surface area contributed by atoms with Gasteiger partial charge in [0.05, 0.1) is 34.0 Å². The van der Waals surface area contributed by atoms with Gasteiger partial charge in [-0.2, -0.15) is 0 Å². The maximum Gasteiger partial charge on any atom is 0.407 e. The standard InChI is InChI=1S/C32H28N6O3/c39-31-37-28-18-34-27-15-14-26(22-16-21-8-4-5-9-25(21)33-17-22)36-29(27)30(28)38(31)24-12-10-23(11-13-24)35-32(40)41-19-20-6-2-1-3-7-20/h1-9,14-18,23-24H,10-13,19H2,(H,35,40)(H,37,39)/t23-,24-. The van der Waals surface area contributed by atoms with Gasteiger partial charge in [0.15, 0.2) is 0 Å². The fourth-order valence-electron chi connectivity index (χ4n) is 5.80. The molecular formula is C32H28N6O3. The summed E-state index contributed by atoms with van der Waals surface area (Å²) >= 11 is 0. The van der Waals surface area contributed by atoms with Crippen molar-refractivity contribution in [3.05, 3.63) is 101 Å². The van der Waals surface area contributed by atoms with Crippen LogP contribution >= 0.6 is 0 Å².